The third kappa shape index (κ3) is 3.87. The number of nitrogens with one attached hydrogen (secondary N) is 2. The van der Waals surface area contributed by atoms with Crippen LogP contribution in [0, 0.1) is 23.7 Å². The van der Waals surface area contributed by atoms with Crippen LogP contribution in [0.2, 0.25) is 0 Å². The molecule has 1 unspecified atom stereocenters. The molecule has 1 atom stereocenters. The lowest BCUT2D eigenvalue weighted by Gasteiger charge is -2.20. The van der Waals surface area contributed by atoms with Gasteiger partial charge in [0.1, 0.15) is 0 Å². The molecule has 3 saturated carbocycles. The maximum absolute atomic E-state index is 11.9. The van der Waals surface area contributed by atoms with Gasteiger partial charge in [0.15, 0.2) is 0 Å². The lowest BCUT2D eigenvalue weighted by atomic mass is 9.98. The van der Waals surface area contributed by atoms with E-state index in [0.29, 0.717) is 11.8 Å². The first-order chi connectivity index (χ1) is 9.63. The van der Waals surface area contributed by atoms with E-state index < -0.39 is 5.97 Å². The van der Waals surface area contributed by atoms with E-state index in [2.05, 4.69) is 10.6 Å². The maximum atomic E-state index is 11.9. The summed E-state index contributed by atoms with van der Waals surface area (Å²) < 4.78 is 0. The van der Waals surface area contributed by atoms with Gasteiger partial charge in [-0.15, -0.1) is 0 Å². The summed E-state index contributed by atoms with van der Waals surface area (Å²) in [6.45, 7) is 0.756. The predicted octanol–water partition coefficient (Wildman–Crippen LogP) is 1.98. The van der Waals surface area contributed by atoms with Crippen molar-refractivity contribution < 1.29 is 14.7 Å². The van der Waals surface area contributed by atoms with E-state index in [1.807, 2.05) is 0 Å². The van der Waals surface area contributed by atoms with Crippen molar-refractivity contribution in [3.63, 3.8) is 0 Å². The minimum Gasteiger partial charge on any atom is -0.481 e. The molecule has 3 aliphatic carbocycles. The summed E-state index contributed by atoms with van der Waals surface area (Å²) in [5, 5.41) is 14.7. The van der Waals surface area contributed by atoms with Crippen molar-refractivity contribution in [3.05, 3.63) is 0 Å². The van der Waals surface area contributed by atoms with E-state index in [9.17, 15) is 9.59 Å². The molecule has 112 valence electrons. The fourth-order valence-corrected chi connectivity index (χ4v) is 3.22. The number of rotatable bonds is 8. The number of carboxylic acid groups (broad SMARTS) is 1. The zero-order valence-electron chi connectivity index (χ0n) is 11.8. The second kappa shape index (κ2) is 5.62. The van der Waals surface area contributed by atoms with Crippen molar-refractivity contribution in [2.75, 3.05) is 6.54 Å². The fourth-order valence-electron chi connectivity index (χ4n) is 3.22. The molecule has 5 nitrogen and oxygen atoms in total. The van der Waals surface area contributed by atoms with Crippen LogP contribution in [0.1, 0.15) is 44.9 Å². The first-order valence-corrected chi connectivity index (χ1v) is 7.89. The molecule has 5 heteroatoms. The average Bonchev–Trinajstić information content (AvgIpc) is 3.26. The standard InChI is InChI=1S/C15H24N2O3/c18-14(19)7-13(11-5-6-11)17-15(20)16-8-12(9-1-2-9)10-3-4-10/h9-13H,1-8H2,(H,18,19)(H2,16,17,20). The predicted molar refractivity (Wildman–Crippen MR) is 74.2 cm³/mol. The molecule has 0 aromatic rings. The van der Waals surface area contributed by atoms with Crippen molar-refractivity contribution in [1.29, 1.82) is 0 Å². The van der Waals surface area contributed by atoms with Gasteiger partial charge in [-0.25, -0.2) is 4.79 Å². The van der Waals surface area contributed by atoms with Gasteiger partial charge >= 0.3 is 12.0 Å². The third-order valence-electron chi connectivity index (χ3n) is 4.86. The number of aliphatic carboxylic acids is 1. The van der Waals surface area contributed by atoms with Crippen LogP contribution >= 0.6 is 0 Å². The molecular formula is C15H24N2O3. The van der Waals surface area contributed by atoms with Gasteiger partial charge < -0.3 is 15.7 Å². The summed E-state index contributed by atoms with van der Waals surface area (Å²) in [5.74, 6) is 1.82. The zero-order valence-corrected chi connectivity index (χ0v) is 11.8. The Hall–Kier alpha value is -1.26. The molecule has 0 bridgehead atoms. The average molecular weight is 280 g/mol. The molecule has 0 heterocycles. The minimum absolute atomic E-state index is 0.0345. The van der Waals surface area contributed by atoms with Crippen LogP contribution in [0.15, 0.2) is 0 Å². The maximum Gasteiger partial charge on any atom is 0.315 e. The Balaban J connectivity index is 1.42. The first-order valence-electron chi connectivity index (χ1n) is 7.89. The Kier molecular flexibility index (Phi) is 3.85. The van der Waals surface area contributed by atoms with Crippen molar-refractivity contribution in [1.82, 2.24) is 10.6 Å². The molecule has 0 saturated heterocycles. The zero-order chi connectivity index (χ0) is 14.1. The van der Waals surface area contributed by atoms with Gasteiger partial charge in [0.05, 0.1) is 6.42 Å². The van der Waals surface area contributed by atoms with Gasteiger partial charge in [-0.2, -0.15) is 0 Å². The van der Waals surface area contributed by atoms with E-state index in [-0.39, 0.29) is 18.5 Å². The largest absolute Gasteiger partial charge is 0.481 e. The third-order valence-corrected chi connectivity index (χ3v) is 4.86. The highest BCUT2D eigenvalue weighted by Gasteiger charge is 2.41. The smallest absolute Gasteiger partial charge is 0.315 e. The lowest BCUT2D eigenvalue weighted by molar-refractivity contribution is -0.137. The number of urea groups is 1. The molecule has 0 aromatic heterocycles. The summed E-state index contributed by atoms with van der Waals surface area (Å²) in [7, 11) is 0. The van der Waals surface area contributed by atoms with E-state index in [0.717, 1.165) is 31.2 Å². The first kappa shape index (κ1) is 13.7. The number of carbonyl (C=O) groups is 2. The summed E-state index contributed by atoms with van der Waals surface area (Å²) in [4.78, 5) is 22.8. The Morgan fingerprint density at radius 1 is 1.00 bits per heavy atom. The SMILES string of the molecule is O=C(O)CC(NC(=O)NCC(C1CC1)C1CC1)C1CC1. The minimum atomic E-state index is -0.837. The molecule has 0 spiro atoms. The van der Waals surface area contributed by atoms with E-state index in [1.54, 1.807) is 0 Å². The van der Waals surface area contributed by atoms with Crippen molar-refractivity contribution in [2.45, 2.75) is 51.0 Å². The molecular weight excluding hydrogens is 256 g/mol. The molecule has 0 aromatic carbocycles. The molecule has 0 aliphatic heterocycles. The fraction of sp³-hybridized carbons (Fsp3) is 0.867. The Bertz CT molecular complexity index is 375. The second-order valence-electron chi connectivity index (χ2n) is 6.73. The van der Waals surface area contributed by atoms with Crippen LogP contribution in [0.25, 0.3) is 0 Å². The van der Waals surface area contributed by atoms with Gasteiger partial charge in [-0.05, 0) is 62.2 Å². The number of carboxylic acids is 1. The van der Waals surface area contributed by atoms with Gasteiger partial charge in [0.2, 0.25) is 0 Å². The lowest BCUT2D eigenvalue weighted by Crippen LogP contribution is -2.45. The monoisotopic (exact) mass is 280 g/mol. The topological polar surface area (TPSA) is 78.4 Å². The molecule has 3 fully saturated rings. The van der Waals surface area contributed by atoms with Crippen LogP contribution in [-0.4, -0.2) is 29.7 Å². The van der Waals surface area contributed by atoms with E-state index >= 15 is 0 Å². The highest BCUT2D eigenvalue weighted by molar-refractivity contribution is 5.75. The molecule has 20 heavy (non-hydrogen) atoms. The van der Waals surface area contributed by atoms with Crippen LogP contribution < -0.4 is 10.6 Å². The highest BCUT2D eigenvalue weighted by Crippen LogP contribution is 2.48. The summed E-state index contributed by atoms with van der Waals surface area (Å²) >= 11 is 0. The number of hydrogen-bond donors (Lipinski definition) is 3. The molecule has 0 radical (unpaired) electrons. The molecule has 3 N–H and O–H groups in total. The van der Waals surface area contributed by atoms with Gasteiger partial charge in [-0.3, -0.25) is 4.79 Å². The molecule has 3 aliphatic rings. The van der Waals surface area contributed by atoms with Crippen LogP contribution in [0.3, 0.4) is 0 Å². The van der Waals surface area contributed by atoms with Crippen LogP contribution in [0.4, 0.5) is 4.79 Å². The molecule has 3 rings (SSSR count). The second-order valence-corrected chi connectivity index (χ2v) is 6.73. The number of amides is 2. The van der Waals surface area contributed by atoms with Crippen LogP contribution in [-0.2, 0) is 4.79 Å². The van der Waals surface area contributed by atoms with Crippen molar-refractivity contribution >= 4 is 12.0 Å². The highest BCUT2D eigenvalue weighted by atomic mass is 16.4. The summed E-state index contributed by atoms with van der Waals surface area (Å²) in [6.07, 6.45) is 7.35. The Morgan fingerprint density at radius 2 is 1.55 bits per heavy atom. The van der Waals surface area contributed by atoms with Gasteiger partial charge in [0, 0.05) is 12.6 Å². The Labute approximate surface area is 119 Å². The summed E-state index contributed by atoms with van der Waals surface area (Å²) in [5.41, 5.74) is 0. The van der Waals surface area contributed by atoms with E-state index in [1.165, 1.54) is 25.7 Å². The summed E-state index contributed by atoms with van der Waals surface area (Å²) in [6, 6.07) is -0.387. The van der Waals surface area contributed by atoms with Gasteiger partial charge in [-0.1, -0.05) is 0 Å². The van der Waals surface area contributed by atoms with Crippen molar-refractivity contribution in [2.24, 2.45) is 23.7 Å². The van der Waals surface area contributed by atoms with Gasteiger partial charge in [0.25, 0.3) is 0 Å². The number of carbonyl (C=O) groups excluding carboxylic acids is 1. The van der Waals surface area contributed by atoms with Crippen molar-refractivity contribution in [3.8, 4) is 0 Å². The Morgan fingerprint density at radius 3 is 2.00 bits per heavy atom. The normalized spacial score (nSPS) is 23.4. The van der Waals surface area contributed by atoms with Crippen LogP contribution in [0.5, 0.6) is 0 Å². The number of hydrogen-bond acceptors (Lipinski definition) is 2. The quantitative estimate of drug-likeness (QED) is 0.636. The van der Waals surface area contributed by atoms with E-state index in [4.69, 9.17) is 5.11 Å². The molecule has 2 amide bonds.